The van der Waals surface area contributed by atoms with E-state index in [1.165, 1.54) is 0 Å². The molecule has 2 aliphatic heterocycles. The van der Waals surface area contributed by atoms with Gasteiger partial charge in [0.25, 0.3) is 0 Å². The maximum absolute atomic E-state index is 6.58. The van der Waals surface area contributed by atoms with E-state index in [2.05, 4.69) is 11.7 Å². The number of fused-ring (bicyclic) bond motifs is 2. The predicted molar refractivity (Wildman–Crippen MR) is 128 cm³/mol. The van der Waals surface area contributed by atoms with Crippen molar-refractivity contribution in [1.29, 1.82) is 0 Å². The van der Waals surface area contributed by atoms with Crippen LogP contribution in [0.5, 0.6) is 11.5 Å². The zero-order valence-corrected chi connectivity index (χ0v) is 19.1. The number of benzene rings is 2. The highest BCUT2D eigenvalue weighted by atomic mass is 35.5. The van der Waals surface area contributed by atoms with Gasteiger partial charge in [-0.3, -0.25) is 4.99 Å². The molecule has 0 bridgehead atoms. The van der Waals surface area contributed by atoms with Crippen molar-refractivity contribution in [3.05, 3.63) is 65.2 Å². The summed E-state index contributed by atoms with van der Waals surface area (Å²) in [6, 6.07) is 11.1. The summed E-state index contributed by atoms with van der Waals surface area (Å²) in [6.07, 6.45) is 1.79. The Hall–Kier alpha value is -3.16. The third kappa shape index (κ3) is 4.13. The summed E-state index contributed by atoms with van der Waals surface area (Å²) in [5.74, 6) is 1.90. The van der Waals surface area contributed by atoms with Crippen LogP contribution in [0.1, 0.15) is 18.1 Å². The second kappa shape index (κ2) is 9.54. The largest absolute Gasteiger partial charge is 0.493 e. The SMILES string of the molecule is C=CCN1N=C(C)C2N=C(c3ccccc3Cl)c3cc(OC)c(OCCOC)cc3N=C21. The van der Waals surface area contributed by atoms with Gasteiger partial charge in [0.2, 0.25) is 0 Å². The summed E-state index contributed by atoms with van der Waals surface area (Å²) >= 11 is 6.58. The van der Waals surface area contributed by atoms with Gasteiger partial charge in [-0.2, -0.15) is 5.10 Å². The molecule has 8 heteroatoms. The molecule has 0 N–H and O–H groups in total. The quantitative estimate of drug-likeness (QED) is 0.437. The zero-order chi connectivity index (χ0) is 22.7. The van der Waals surface area contributed by atoms with Crippen LogP contribution in [0.4, 0.5) is 5.69 Å². The van der Waals surface area contributed by atoms with E-state index in [-0.39, 0.29) is 6.04 Å². The number of hydrogen-bond donors (Lipinski definition) is 0. The standard InChI is InChI=1S/C24H25ClN4O3/c1-5-10-29-24-22(15(2)28-29)27-23(16-8-6-7-9-18(16)25)17-13-20(31-4)21(14-19(17)26-24)32-12-11-30-3/h5-9,13-14,22H,1,10-12H2,2-4H3. The fourth-order valence-electron chi connectivity index (χ4n) is 3.68. The molecule has 0 aliphatic carbocycles. The Morgan fingerprint density at radius 1 is 1.12 bits per heavy atom. The maximum atomic E-state index is 6.58. The smallest absolute Gasteiger partial charge is 0.163 e. The zero-order valence-electron chi connectivity index (χ0n) is 18.3. The van der Waals surface area contributed by atoms with E-state index < -0.39 is 0 Å². The van der Waals surface area contributed by atoms with E-state index in [9.17, 15) is 0 Å². The topological polar surface area (TPSA) is 68.0 Å². The normalized spacial score (nSPS) is 16.9. The summed E-state index contributed by atoms with van der Waals surface area (Å²) in [4.78, 5) is 10.1. The van der Waals surface area contributed by atoms with Gasteiger partial charge in [-0.05, 0) is 19.1 Å². The van der Waals surface area contributed by atoms with Crippen molar-refractivity contribution in [2.75, 3.05) is 34.0 Å². The number of nitrogens with zero attached hydrogens (tertiary/aromatic N) is 4. The minimum Gasteiger partial charge on any atom is -0.493 e. The van der Waals surface area contributed by atoms with Crippen molar-refractivity contribution < 1.29 is 14.2 Å². The summed E-state index contributed by atoms with van der Waals surface area (Å²) in [7, 11) is 3.24. The summed E-state index contributed by atoms with van der Waals surface area (Å²) in [5, 5.41) is 7.07. The van der Waals surface area contributed by atoms with Gasteiger partial charge in [-0.1, -0.05) is 35.9 Å². The molecule has 0 fully saturated rings. The monoisotopic (exact) mass is 452 g/mol. The highest BCUT2D eigenvalue weighted by molar-refractivity contribution is 6.36. The Morgan fingerprint density at radius 2 is 1.94 bits per heavy atom. The first-order valence-electron chi connectivity index (χ1n) is 10.3. The minimum absolute atomic E-state index is 0.322. The maximum Gasteiger partial charge on any atom is 0.163 e. The molecule has 2 aliphatic rings. The van der Waals surface area contributed by atoms with E-state index in [0.29, 0.717) is 42.0 Å². The number of amidine groups is 1. The molecule has 7 nitrogen and oxygen atoms in total. The molecule has 32 heavy (non-hydrogen) atoms. The highest BCUT2D eigenvalue weighted by Crippen LogP contribution is 2.39. The van der Waals surface area contributed by atoms with E-state index >= 15 is 0 Å². The first-order valence-corrected chi connectivity index (χ1v) is 10.6. The lowest BCUT2D eigenvalue weighted by Gasteiger charge is -2.16. The Kier molecular flexibility index (Phi) is 6.58. The van der Waals surface area contributed by atoms with E-state index in [1.54, 1.807) is 20.3 Å². The third-order valence-electron chi connectivity index (χ3n) is 5.19. The molecule has 4 rings (SSSR count). The number of halogens is 1. The lowest BCUT2D eigenvalue weighted by molar-refractivity contribution is 0.144. The predicted octanol–water partition coefficient (Wildman–Crippen LogP) is 4.50. The van der Waals surface area contributed by atoms with Gasteiger partial charge in [0.1, 0.15) is 12.6 Å². The molecule has 0 saturated carbocycles. The number of ether oxygens (including phenoxy) is 3. The molecule has 2 aromatic rings. The van der Waals surface area contributed by atoms with Gasteiger partial charge in [-0.15, -0.1) is 6.58 Å². The van der Waals surface area contributed by atoms with Gasteiger partial charge in [0.05, 0.1) is 37.4 Å². The summed E-state index contributed by atoms with van der Waals surface area (Å²) in [6.45, 7) is 7.18. The van der Waals surface area contributed by atoms with Crippen LogP contribution in [-0.4, -0.2) is 62.3 Å². The van der Waals surface area contributed by atoms with Gasteiger partial charge in [-0.25, -0.2) is 10.0 Å². The molecule has 2 aromatic carbocycles. The molecule has 1 unspecified atom stereocenters. The molecule has 0 saturated heterocycles. The first-order chi connectivity index (χ1) is 15.6. The average Bonchev–Trinajstić information content (AvgIpc) is 2.97. The van der Waals surface area contributed by atoms with Crippen LogP contribution in [-0.2, 0) is 4.74 Å². The number of hydrogen-bond acceptors (Lipinski definition) is 7. The molecular formula is C24H25ClN4O3. The van der Waals surface area contributed by atoms with Gasteiger partial charge >= 0.3 is 0 Å². The molecule has 166 valence electrons. The molecule has 0 radical (unpaired) electrons. The summed E-state index contributed by atoms with van der Waals surface area (Å²) < 4.78 is 16.6. The molecule has 1 atom stereocenters. The number of methoxy groups -OCH3 is 2. The molecule has 2 heterocycles. The Morgan fingerprint density at radius 3 is 2.66 bits per heavy atom. The fourth-order valence-corrected chi connectivity index (χ4v) is 3.90. The highest BCUT2D eigenvalue weighted by Gasteiger charge is 2.34. The number of hydrazone groups is 1. The lowest BCUT2D eigenvalue weighted by Crippen LogP contribution is -2.30. The Bertz CT molecular complexity index is 1130. The van der Waals surface area contributed by atoms with Crippen LogP contribution in [0.3, 0.4) is 0 Å². The van der Waals surface area contributed by atoms with E-state index in [4.69, 9.17) is 35.8 Å². The van der Waals surface area contributed by atoms with Crippen molar-refractivity contribution in [2.45, 2.75) is 13.0 Å². The van der Waals surface area contributed by atoms with Crippen molar-refractivity contribution in [1.82, 2.24) is 5.01 Å². The van der Waals surface area contributed by atoms with Gasteiger partial charge < -0.3 is 14.2 Å². The molecule has 0 spiro atoms. The van der Waals surface area contributed by atoms with Crippen molar-refractivity contribution in [3.63, 3.8) is 0 Å². The van der Waals surface area contributed by atoms with E-state index in [1.807, 2.05) is 48.3 Å². The van der Waals surface area contributed by atoms with E-state index in [0.717, 1.165) is 28.4 Å². The Labute approximate surface area is 192 Å². The summed E-state index contributed by atoms with van der Waals surface area (Å²) in [5.41, 5.74) is 3.91. The van der Waals surface area contributed by atoms with Crippen LogP contribution in [0.15, 0.2) is 64.1 Å². The lowest BCUT2D eigenvalue weighted by atomic mass is 9.99. The van der Waals surface area contributed by atoms with Crippen LogP contribution >= 0.6 is 11.6 Å². The number of rotatable bonds is 8. The van der Waals surface area contributed by atoms with Crippen molar-refractivity contribution in [2.24, 2.45) is 15.1 Å². The molecule has 0 amide bonds. The van der Waals surface area contributed by atoms with Crippen LogP contribution in [0.2, 0.25) is 5.02 Å². The van der Waals surface area contributed by atoms with Crippen LogP contribution in [0.25, 0.3) is 0 Å². The van der Waals surface area contributed by atoms with Crippen LogP contribution < -0.4 is 9.47 Å². The molecular weight excluding hydrogens is 428 g/mol. The fraction of sp³-hybridized carbons (Fsp3) is 0.292. The minimum atomic E-state index is -0.322. The number of aliphatic imine (C=N–C) groups is 2. The van der Waals surface area contributed by atoms with Gasteiger partial charge in [0.15, 0.2) is 17.3 Å². The third-order valence-corrected chi connectivity index (χ3v) is 5.52. The Balaban J connectivity index is 1.92. The van der Waals surface area contributed by atoms with Crippen LogP contribution in [0, 0.1) is 0 Å². The second-order valence-corrected chi connectivity index (χ2v) is 7.71. The van der Waals surface area contributed by atoms with Gasteiger partial charge in [0, 0.05) is 29.3 Å². The van der Waals surface area contributed by atoms with Crippen molar-refractivity contribution >= 4 is 34.5 Å². The second-order valence-electron chi connectivity index (χ2n) is 7.30. The van der Waals surface area contributed by atoms with Crippen molar-refractivity contribution in [3.8, 4) is 11.5 Å². The molecule has 0 aromatic heterocycles. The average molecular weight is 453 g/mol. The first kappa shape index (κ1) is 22.0.